The van der Waals surface area contributed by atoms with Crippen LogP contribution in [0, 0.1) is 6.92 Å². The summed E-state index contributed by atoms with van der Waals surface area (Å²) >= 11 is 0. The van der Waals surface area contributed by atoms with Crippen LogP contribution in [0.3, 0.4) is 0 Å². The van der Waals surface area contributed by atoms with E-state index < -0.39 is 21.8 Å². The fourth-order valence-electron chi connectivity index (χ4n) is 2.02. The van der Waals surface area contributed by atoms with E-state index >= 15 is 0 Å². The van der Waals surface area contributed by atoms with Gasteiger partial charge in [-0.15, -0.1) is 0 Å². The zero-order chi connectivity index (χ0) is 15.4. The van der Waals surface area contributed by atoms with Crippen LogP contribution in [-0.2, 0) is 10.1 Å². The summed E-state index contributed by atoms with van der Waals surface area (Å²) in [5.41, 5.74) is 1.30. The summed E-state index contributed by atoms with van der Waals surface area (Å²) in [7, 11) is -3.92. The quantitative estimate of drug-likeness (QED) is 0.527. The van der Waals surface area contributed by atoms with Crippen LogP contribution < -0.4 is 5.32 Å². The van der Waals surface area contributed by atoms with Crippen LogP contribution in [-0.4, -0.2) is 35.9 Å². The minimum atomic E-state index is -3.92. The molecular formula is C14H23NO4S. The molecule has 0 heterocycles. The predicted molar refractivity (Wildman–Crippen MR) is 79.3 cm³/mol. The van der Waals surface area contributed by atoms with E-state index in [1.165, 1.54) is 0 Å². The number of aryl methyl sites for hydroxylation is 1. The first-order valence-electron chi connectivity index (χ1n) is 6.57. The van der Waals surface area contributed by atoms with Crippen molar-refractivity contribution >= 4 is 10.1 Å². The van der Waals surface area contributed by atoms with Gasteiger partial charge in [0.25, 0.3) is 10.1 Å². The first-order valence-corrected chi connectivity index (χ1v) is 8.17. The van der Waals surface area contributed by atoms with E-state index in [9.17, 15) is 13.5 Å². The fraction of sp³-hybridized carbons (Fsp3) is 0.571. The molecule has 114 valence electrons. The Hall–Kier alpha value is -0.950. The highest BCUT2D eigenvalue weighted by Crippen LogP contribution is 2.25. The summed E-state index contributed by atoms with van der Waals surface area (Å²) < 4.78 is 29.9. The third-order valence-corrected chi connectivity index (χ3v) is 4.01. The highest BCUT2D eigenvalue weighted by Gasteiger charge is 2.28. The summed E-state index contributed by atoms with van der Waals surface area (Å²) in [6.07, 6.45) is -0.406. The minimum Gasteiger partial charge on any atom is -0.387 e. The lowest BCUT2D eigenvalue weighted by Crippen LogP contribution is -2.45. The largest absolute Gasteiger partial charge is 0.387 e. The van der Waals surface area contributed by atoms with Gasteiger partial charge < -0.3 is 10.4 Å². The maximum absolute atomic E-state index is 10.6. The Morgan fingerprint density at radius 3 is 2.55 bits per heavy atom. The first kappa shape index (κ1) is 17.1. The molecule has 20 heavy (non-hydrogen) atoms. The van der Waals surface area contributed by atoms with Gasteiger partial charge in [0.05, 0.1) is 11.9 Å². The third-order valence-electron chi connectivity index (χ3n) is 3.20. The molecule has 0 saturated carbocycles. The molecule has 0 aliphatic heterocycles. The van der Waals surface area contributed by atoms with Crippen molar-refractivity contribution in [3.63, 3.8) is 0 Å². The molecular weight excluding hydrogens is 278 g/mol. The van der Waals surface area contributed by atoms with Crippen molar-refractivity contribution < 1.29 is 18.1 Å². The standard InChI is InChI=1S/C14H23NO4S/c1-11-6-4-7-12(10-11)13(16)14(2,3)15-8-5-9-20(17,18)19/h4,6-7,10,13,15-16H,5,8-9H2,1-3H3,(H,17,18,19). The Bertz CT molecular complexity index is 540. The number of nitrogens with one attached hydrogen (secondary N) is 1. The van der Waals surface area contributed by atoms with Gasteiger partial charge in [0.2, 0.25) is 0 Å². The second-order valence-electron chi connectivity index (χ2n) is 5.60. The topological polar surface area (TPSA) is 86.6 Å². The van der Waals surface area contributed by atoms with Gasteiger partial charge in [0.1, 0.15) is 0 Å². The Kier molecular flexibility index (Phi) is 5.70. The van der Waals surface area contributed by atoms with E-state index in [1.54, 1.807) is 0 Å². The second-order valence-corrected chi connectivity index (χ2v) is 7.18. The van der Waals surface area contributed by atoms with Gasteiger partial charge >= 0.3 is 0 Å². The highest BCUT2D eigenvalue weighted by molar-refractivity contribution is 7.85. The Labute approximate surface area is 120 Å². The molecule has 0 amide bonds. The van der Waals surface area contributed by atoms with Gasteiger partial charge in [-0.1, -0.05) is 29.8 Å². The van der Waals surface area contributed by atoms with Crippen LogP contribution in [0.2, 0.25) is 0 Å². The number of hydrogen-bond acceptors (Lipinski definition) is 4. The summed E-state index contributed by atoms with van der Waals surface area (Å²) in [4.78, 5) is 0. The molecule has 0 aliphatic rings. The summed E-state index contributed by atoms with van der Waals surface area (Å²) in [6.45, 7) is 6.07. The van der Waals surface area contributed by atoms with Gasteiger partial charge in [-0.2, -0.15) is 8.42 Å². The SMILES string of the molecule is Cc1cccc(C(O)C(C)(C)NCCCS(=O)(=O)O)c1. The highest BCUT2D eigenvalue weighted by atomic mass is 32.2. The maximum atomic E-state index is 10.6. The summed E-state index contributed by atoms with van der Waals surface area (Å²) in [5.74, 6) is -0.281. The molecule has 5 nitrogen and oxygen atoms in total. The van der Waals surface area contributed by atoms with Crippen molar-refractivity contribution in [2.75, 3.05) is 12.3 Å². The maximum Gasteiger partial charge on any atom is 0.264 e. The fourth-order valence-corrected chi connectivity index (χ4v) is 2.53. The molecule has 1 rings (SSSR count). The van der Waals surface area contributed by atoms with Crippen LogP contribution in [0.15, 0.2) is 24.3 Å². The molecule has 0 fully saturated rings. The molecule has 3 N–H and O–H groups in total. The van der Waals surface area contributed by atoms with E-state index in [-0.39, 0.29) is 5.75 Å². The van der Waals surface area contributed by atoms with E-state index in [1.807, 2.05) is 45.0 Å². The molecule has 0 spiro atoms. The lowest BCUT2D eigenvalue weighted by Gasteiger charge is -2.32. The van der Waals surface area contributed by atoms with Crippen molar-refractivity contribution in [3.8, 4) is 0 Å². The van der Waals surface area contributed by atoms with Crippen LogP contribution in [0.25, 0.3) is 0 Å². The number of aliphatic hydroxyl groups excluding tert-OH is 1. The molecule has 0 aliphatic carbocycles. The molecule has 1 unspecified atom stereocenters. The lowest BCUT2D eigenvalue weighted by molar-refractivity contribution is 0.0805. The molecule has 0 bridgehead atoms. The molecule has 0 saturated heterocycles. The number of rotatable bonds is 7. The van der Waals surface area contributed by atoms with Crippen molar-refractivity contribution in [1.29, 1.82) is 0 Å². The van der Waals surface area contributed by atoms with Gasteiger partial charge in [0.15, 0.2) is 0 Å². The van der Waals surface area contributed by atoms with E-state index in [0.29, 0.717) is 13.0 Å². The average molecular weight is 301 g/mol. The van der Waals surface area contributed by atoms with Crippen LogP contribution >= 0.6 is 0 Å². The molecule has 6 heteroatoms. The zero-order valence-corrected chi connectivity index (χ0v) is 12.9. The lowest BCUT2D eigenvalue weighted by atomic mass is 9.90. The van der Waals surface area contributed by atoms with E-state index in [0.717, 1.165) is 11.1 Å². The molecule has 0 radical (unpaired) electrons. The molecule has 1 atom stereocenters. The van der Waals surface area contributed by atoms with Gasteiger partial charge in [-0.25, -0.2) is 0 Å². The Morgan fingerprint density at radius 2 is 2.00 bits per heavy atom. The first-order chi connectivity index (χ1) is 9.12. The average Bonchev–Trinajstić information content (AvgIpc) is 2.32. The number of aliphatic hydroxyl groups is 1. The third kappa shape index (κ3) is 5.58. The number of benzene rings is 1. The zero-order valence-electron chi connectivity index (χ0n) is 12.1. The van der Waals surface area contributed by atoms with Crippen molar-refractivity contribution in [3.05, 3.63) is 35.4 Å². The molecule has 1 aromatic rings. The van der Waals surface area contributed by atoms with Gasteiger partial charge in [-0.05, 0) is 39.3 Å². The second kappa shape index (κ2) is 6.67. The normalized spacial score (nSPS) is 14.2. The Morgan fingerprint density at radius 1 is 1.35 bits per heavy atom. The predicted octanol–water partition coefficient (Wildman–Crippen LogP) is 1.67. The van der Waals surface area contributed by atoms with E-state index in [2.05, 4.69) is 5.32 Å². The van der Waals surface area contributed by atoms with Crippen molar-refractivity contribution in [1.82, 2.24) is 5.32 Å². The summed E-state index contributed by atoms with van der Waals surface area (Å²) in [5, 5.41) is 13.5. The monoisotopic (exact) mass is 301 g/mol. The molecule has 1 aromatic carbocycles. The minimum absolute atomic E-state index is 0.281. The van der Waals surface area contributed by atoms with Crippen molar-refractivity contribution in [2.45, 2.75) is 38.8 Å². The van der Waals surface area contributed by atoms with Gasteiger partial charge in [0, 0.05) is 5.54 Å². The van der Waals surface area contributed by atoms with Crippen molar-refractivity contribution in [2.24, 2.45) is 0 Å². The molecule has 0 aromatic heterocycles. The van der Waals surface area contributed by atoms with Crippen LogP contribution in [0.1, 0.15) is 37.5 Å². The Balaban J connectivity index is 2.59. The van der Waals surface area contributed by atoms with Gasteiger partial charge in [-0.3, -0.25) is 4.55 Å². The van der Waals surface area contributed by atoms with Crippen LogP contribution in [0.5, 0.6) is 0 Å². The van der Waals surface area contributed by atoms with Crippen LogP contribution in [0.4, 0.5) is 0 Å². The summed E-state index contributed by atoms with van der Waals surface area (Å²) in [6, 6.07) is 7.64. The smallest absolute Gasteiger partial charge is 0.264 e. The number of hydrogen-bond donors (Lipinski definition) is 3. The van der Waals surface area contributed by atoms with E-state index in [4.69, 9.17) is 4.55 Å².